The smallest absolute Gasteiger partial charge is 0.394 e. The molecule has 7 fully saturated rings. The van der Waals surface area contributed by atoms with Gasteiger partial charge in [0.05, 0.1) is 114 Å². The molecule has 6 aromatic rings. The van der Waals surface area contributed by atoms with Crippen molar-refractivity contribution in [2.24, 2.45) is 41.2 Å². The molecule has 0 spiro atoms. The zero-order valence-corrected chi connectivity index (χ0v) is 82.5. The third kappa shape index (κ3) is 34.7. The molecule has 16 N–H and O–H groups in total. The van der Waals surface area contributed by atoms with Crippen LogP contribution in [0.1, 0.15) is 148 Å². The van der Waals surface area contributed by atoms with Crippen LogP contribution in [0.4, 0.5) is 0 Å². The molecule has 8 heterocycles. The number of phosphoric acid groups is 2. The fourth-order valence-corrected chi connectivity index (χ4v) is 18.3. The summed E-state index contributed by atoms with van der Waals surface area (Å²) in [5.41, 5.74) is 12.5. The minimum atomic E-state index is -4.95. The molecule has 760 valence electrons. The van der Waals surface area contributed by atoms with Gasteiger partial charge in [-0.3, -0.25) is 32.5 Å². The van der Waals surface area contributed by atoms with Crippen LogP contribution < -0.4 is 21.7 Å². The summed E-state index contributed by atoms with van der Waals surface area (Å²) < 4.78 is 116. The molecule has 14 rings (SSSR count). The van der Waals surface area contributed by atoms with Crippen molar-refractivity contribution in [2.75, 3.05) is 19.8 Å². The normalized spacial score (nSPS) is 33.3. The van der Waals surface area contributed by atoms with Gasteiger partial charge in [-0.15, -0.1) is 12.4 Å². The number of carbonyl (C=O) groups excluding carboxylic acids is 3. The third-order valence-corrected chi connectivity index (χ3v) is 26.3. The minimum absolute atomic E-state index is 0. The molecule has 40 heteroatoms. The maximum Gasteiger partial charge on any atom is 0.475 e. The zero-order chi connectivity index (χ0) is 96.1. The number of ether oxygens (including phenoxy) is 12. The second-order valence-corrected chi connectivity index (χ2v) is 36.8. The van der Waals surface area contributed by atoms with Crippen LogP contribution in [0.2, 0.25) is 0 Å². The molecule has 15 unspecified atom stereocenters. The monoisotopic (exact) mass is 2050 g/mol. The molecule has 0 aliphatic carbocycles. The van der Waals surface area contributed by atoms with Crippen molar-refractivity contribution < 1.29 is 175 Å². The number of fused-ring (bicyclic) bond motifs is 2. The van der Waals surface area contributed by atoms with Crippen molar-refractivity contribution in [3.63, 3.8) is 0 Å². The number of nitrogens with two attached hydrogens (primary N) is 1. The van der Waals surface area contributed by atoms with Crippen molar-refractivity contribution in [2.45, 2.75) is 296 Å². The van der Waals surface area contributed by atoms with Crippen molar-refractivity contribution in [3.8, 4) is 0 Å². The Morgan fingerprint density at radius 1 is 0.437 bits per heavy atom. The Morgan fingerprint density at radius 2 is 0.815 bits per heavy atom. The molecule has 8 aliphatic heterocycles. The van der Waals surface area contributed by atoms with E-state index in [2.05, 4.69) is 60.3 Å². The standard InChI is InChI=1S/C25H32NO7P.C22H26O4.C17H25NO4.C16H24O3.C8H16NO9P.C6H13NO5.CH3.ClH.Pd/c1-4-22-24(33-34(28)30-15-20-12-8-9-13-21(20)16-31-34)17(2)23(26-18(3)27)25(32-22)29-14-19-10-6-5-7-11-19;1-15-16(2)21(23-13-17-9-5-3-6-10-17)25-19-14-24-22(26-20(15)19)18-11-7-4-8-12-18;1-4-14-16(20)11(2)15(18-12(3)19)17(22-14)21-10-13-8-6-5-7-9-13;1-4-14-15(17)11(2)12(3)16(19-14)18-10-13-8-6-5-7-9-13;1-3(11)9-5-6(12)7(18-19(14,15)16)4(2-10)17-8(5)13;7-3-5(10)4(9)2(1-8)12-6(3)11;;;/h5-13,17,22-25H,4,14-16H2,1-3H3,(H,26,27);3-12,15-16,19-22H,13-14H2,1-2H3;5-9,11,14-17,20H,4,10H2,1-3H3,(H,18,19);5-9,11-12,14-17H,4,10H2,1-3H3;4-8,10,12-13H,2H2,1H3,(H,9,11)(H2,14,15,16);2-6,8-11H,1,7H2;1H3;1H;/q;;;;;;-1;;/t17-,22?,23?,24+,25-;15-,16?,19?,20+,21-,22?;11-,14?,15?,16+,17-;11-,12?,14?,15+,16-;4?,5?,6-,7-,8?;2?,3?,4-,5-,6?;;;/m111111.../s1. The van der Waals surface area contributed by atoms with Crippen LogP contribution in [0.5, 0.6) is 0 Å². The van der Waals surface area contributed by atoms with E-state index in [4.69, 9.17) is 101 Å². The van der Waals surface area contributed by atoms with E-state index in [1.165, 1.54) is 13.8 Å². The minimum Gasteiger partial charge on any atom is -0.394 e. The Balaban J connectivity index is 0.000000254. The van der Waals surface area contributed by atoms with Gasteiger partial charge < -0.3 is 142 Å². The summed E-state index contributed by atoms with van der Waals surface area (Å²) in [5, 5.41) is 92.8. The summed E-state index contributed by atoms with van der Waals surface area (Å²) >= 11 is 0. The van der Waals surface area contributed by atoms with E-state index < -0.39 is 139 Å². The molecular weight excluding hydrogens is 1910 g/mol. The predicted molar refractivity (Wildman–Crippen MR) is 491 cm³/mol. The van der Waals surface area contributed by atoms with E-state index in [0.29, 0.717) is 51.8 Å². The Labute approximate surface area is 810 Å². The van der Waals surface area contributed by atoms with Crippen LogP contribution in [0.15, 0.2) is 176 Å². The fourth-order valence-electron chi connectivity index (χ4n) is 16.3. The van der Waals surface area contributed by atoms with Crippen molar-refractivity contribution in [1.29, 1.82) is 0 Å². The van der Waals surface area contributed by atoms with E-state index in [-0.39, 0.29) is 144 Å². The van der Waals surface area contributed by atoms with Gasteiger partial charge in [-0.25, -0.2) is 9.13 Å². The Morgan fingerprint density at radius 3 is 1.24 bits per heavy atom. The van der Waals surface area contributed by atoms with E-state index in [1.807, 2.05) is 198 Å². The first kappa shape index (κ1) is 118. The van der Waals surface area contributed by atoms with Gasteiger partial charge in [0.2, 0.25) is 17.7 Å². The number of benzene rings is 6. The van der Waals surface area contributed by atoms with Gasteiger partial charge in [-0.2, -0.15) is 0 Å². The van der Waals surface area contributed by atoms with Crippen molar-refractivity contribution in [3.05, 3.63) is 222 Å². The number of hydrogen-bond acceptors (Lipinski definition) is 31. The third-order valence-electron chi connectivity index (χ3n) is 24.4. The molecule has 0 bridgehead atoms. The molecular formula is C95H140ClN4O32P2Pd-. The number of aliphatic hydroxyl groups is 9. The number of halogens is 1. The summed E-state index contributed by atoms with van der Waals surface area (Å²) in [6.45, 7) is 23.8. The summed E-state index contributed by atoms with van der Waals surface area (Å²) in [7, 11) is -8.82. The number of rotatable bonds is 25. The van der Waals surface area contributed by atoms with Gasteiger partial charge in [0.15, 0.2) is 44.0 Å². The average molecular weight is 2050 g/mol. The van der Waals surface area contributed by atoms with Gasteiger partial charge in [0.1, 0.15) is 54.9 Å². The number of phosphoric ester groups is 2. The van der Waals surface area contributed by atoms with Crippen molar-refractivity contribution in [1.82, 2.24) is 16.0 Å². The summed E-state index contributed by atoms with van der Waals surface area (Å²) in [5.74, 6) is -0.429. The SMILES string of the molecule is CC(=O)NC1C(O)OC(CO)[C@@H](OP(=O)(O)O)[C@@H]1O.CC1[C@H](OCc2ccccc2)OC2COC(c3ccccc3)O[C@H]2[C@@H]1C.CCC1O[C@@H](OCc2ccccc2)C(C)[C@@H](C)[C@@H]1O.CCC1O[C@@H](OCc2ccccc2)C(NC(C)=O)[C@@H](C)[C@@H]1O.CCC1O[C@@H](OCc2ccccc2)C(NC(C)=O)[C@@H](C)[C@@H]1OP1(=O)OCc2ccccc2CO1.Cl.NC1C(O)OC(CO)[C@@H](O)[C@@H]1O.[CH3-].[Pd]. The number of carbonyl (C=O) groups is 3. The first-order valence-electron chi connectivity index (χ1n) is 44.8. The van der Waals surface area contributed by atoms with Crippen LogP contribution in [-0.2, 0) is 159 Å². The summed E-state index contributed by atoms with van der Waals surface area (Å²) in [6, 6.07) is 54.3. The van der Waals surface area contributed by atoms with Gasteiger partial charge in [-0.05, 0) is 64.5 Å². The fraction of sp³-hybridized carbons (Fsp3) is 0.579. The molecule has 8 aliphatic rings. The summed E-state index contributed by atoms with van der Waals surface area (Å²) in [4.78, 5) is 51.8. The second-order valence-electron chi connectivity index (χ2n) is 34.0. The molecule has 7 saturated heterocycles. The second kappa shape index (κ2) is 57.8. The Hall–Kier alpha value is -5.98. The molecule has 6 aromatic carbocycles. The molecule has 135 heavy (non-hydrogen) atoms. The zero-order valence-electron chi connectivity index (χ0n) is 78.3. The van der Waals surface area contributed by atoms with Crippen LogP contribution in [0.25, 0.3) is 0 Å². The Kier molecular flexibility index (Phi) is 50.4. The first-order chi connectivity index (χ1) is 63.0. The molecule has 31 atom stereocenters. The van der Waals surface area contributed by atoms with E-state index >= 15 is 0 Å². The number of aliphatic hydroxyl groups excluding tert-OH is 9. The topological polar surface area (TPSA) is 518 Å². The predicted octanol–water partition coefficient (Wildman–Crippen LogP) is 8.50. The quantitative estimate of drug-likeness (QED) is 0.0145. The first-order valence-corrected chi connectivity index (χ1v) is 47.8. The van der Waals surface area contributed by atoms with E-state index in [9.17, 15) is 54.2 Å². The molecule has 36 nitrogen and oxygen atoms in total. The molecule has 0 aromatic heterocycles. The van der Waals surface area contributed by atoms with E-state index in [0.717, 1.165) is 52.3 Å². The van der Waals surface area contributed by atoms with E-state index in [1.54, 1.807) is 0 Å². The van der Waals surface area contributed by atoms with Gasteiger partial charge >= 0.3 is 15.6 Å². The van der Waals surface area contributed by atoms with Crippen LogP contribution >= 0.6 is 28.1 Å². The maximum absolute atomic E-state index is 13.5. The largest absolute Gasteiger partial charge is 0.475 e. The molecule has 0 saturated carbocycles. The molecule has 3 amide bonds. The van der Waals surface area contributed by atoms with Gasteiger partial charge in [0.25, 0.3) is 0 Å². The van der Waals surface area contributed by atoms with Crippen LogP contribution in [0, 0.1) is 42.9 Å². The Bertz CT molecular complexity index is 4440. The van der Waals surface area contributed by atoms with Gasteiger partial charge in [0, 0.05) is 70.4 Å². The van der Waals surface area contributed by atoms with Crippen LogP contribution in [-0.4, -0.2) is 241 Å². The summed E-state index contributed by atoms with van der Waals surface area (Å²) in [6.07, 6.45) is -13.6. The number of amides is 3. The van der Waals surface area contributed by atoms with Crippen molar-refractivity contribution >= 4 is 45.8 Å². The van der Waals surface area contributed by atoms with Gasteiger partial charge in [-0.1, -0.05) is 238 Å². The maximum atomic E-state index is 13.5. The number of nitrogens with one attached hydrogen (secondary N) is 3. The molecule has 0 radical (unpaired) electrons. The van der Waals surface area contributed by atoms with Crippen LogP contribution in [0.3, 0.4) is 0 Å². The number of hydrogen-bond donors (Lipinski definition) is 15. The average Bonchev–Trinajstić information content (AvgIpc) is 1.53.